The van der Waals surface area contributed by atoms with Gasteiger partial charge in [0.15, 0.2) is 0 Å². The zero-order valence-electron chi connectivity index (χ0n) is 10.6. The number of anilines is 2. The number of hydrogen-bond acceptors (Lipinski definition) is 4. The van der Waals surface area contributed by atoms with Gasteiger partial charge in [0.05, 0.1) is 17.0 Å². The molecule has 0 amide bonds. The highest BCUT2D eigenvalue weighted by Gasteiger charge is 2.25. The lowest BCUT2D eigenvalue weighted by Crippen LogP contribution is -2.28. The quantitative estimate of drug-likeness (QED) is 0.778. The SMILES string of the molecule is Cc1nc(N2CCCC(C)(O)CC2)ccc1N. The van der Waals surface area contributed by atoms with Gasteiger partial charge in [-0.15, -0.1) is 0 Å². The maximum atomic E-state index is 10.1. The van der Waals surface area contributed by atoms with Crippen molar-refractivity contribution in [2.75, 3.05) is 23.7 Å². The average Bonchev–Trinajstić information content (AvgIpc) is 2.44. The minimum Gasteiger partial charge on any atom is -0.397 e. The third kappa shape index (κ3) is 2.88. The molecule has 0 aromatic carbocycles. The van der Waals surface area contributed by atoms with Crippen molar-refractivity contribution in [2.45, 2.75) is 38.7 Å². The van der Waals surface area contributed by atoms with Crippen LogP contribution in [0.4, 0.5) is 11.5 Å². The lowest BCUT2D eigenvalue weighted by molar-refractivity contribution is 0.0481. The highest BCUT2D eigenvalue weighted by Crippen LogP contribution is 2.25. The summed E-state index contributed by atoms with van der Waals surface area (Å²) in [6, 6.07) is 3.86. The van der Waals surface area contributed by atoms with E-state index in [0.717, 1.165) is 49.6 Å². The van der Waals surface area contributed by atoms with E-state index in [2.05, 4.69) is 9.88 Å². The first-order chi connectivity index (χ1) is 7.98. The zero-order valence-corrected chi connectivity index (χ0v) is 10.6. The minimum atomic E-state index is -0.530. The average molecular weight is 235 g/mol. The number of nitrogens with two attached hydrogens (primary N) is 1. The Hall–Kier alpha value is -1.29. The highest BCUT2D eigenvalue weighted by molar-refractivity contribution is 5.50. The first kappa shape index (κ1) is 12.2. The lowest BCUT2D eigenvalue weighted by Gasteiger charge is -2.23. The van der Waals surface area contributed by atoms with E-state index < -0.39 is 5.60 Å². The Morgan fingerprint density at radius 1 is 1.35 bits per heavy atom. The van der Waals surface area contributed by atoms with Gasteiger partial charge in [-0.25, -0.2) is 4.98 Å². The Morgan fingerprint density at radius 2 is 2.12 bits per heavy atom. The van der Waals surface area contributed by atoms with Gasteiger partial charge < -0.3 is 15.7 Å². The Kier molecular flexibility index (Phi) is 3.24. The number of hydrogen-bond donors (Lipinski definition) is 2. The highest BCUT2D eigenvalue weighted by atomic mass is 16.3. The fourth-order valence-corrected chi connectivity index (χ4v) is 2.23. The van der Waals surface area contributed by atoms with Gasteiger partial charge in [0.2, 0.25) is 0 Å². The van der Waals surface area contributed by atoms with Gasteiger partial charge in [0.1, 0.15) is 5.82 Å². The first-order valence-electron chi connectivity index (χ1n) is 6.18. The van der Waals surface area contributed by atoms with Gasteiger partial charge in [-0.05, 0) is 45.2 Å². The van der Waals surface area contributed by atoms with Gasteiger partial charge in [0, 0.05) is 13.1 Å². The summed E-state index contributed by atoms with van der Waals surface area (Å²) in [6.07, 6.45) is 2.65. The molecule has 0 radical (unpaired) electrons. The molecule has 0 saturated carbocycles. The maximum absolute atomic E-state index is 10.1. The topological polar surface area (TPSA) is 62.4 Å². The van der Waals surface area contributed by atoms with Crippen molar-refractivity contribution in [3.63, 3.8) is 0 Å². The Labute approximate surface area is 102 Å². The second kappa shape index (κ2) is 4.53. The summed E-state index contributed by atoms with van der Waals surface area (Å²) < 4.78 is 0. The van der Waals surface area contributed by atoms with E-state index in [1.807, 2.05) is 26.0 Å². The number of aryl methyl sites for hydroxylation is 1. The molecule has 94 valence electrons. The fourth-order valence-electron chi connectivity index (χ4n) is 2.23. The molecule has 0 spiro atoms. The number of rotatable bonds is 1. The van der Waals surface area contributed by atoms with Crippen molar-refractivity contribution in [1.29, 1.82) is 0 Å². The van der Waals surface area contributed by atoms with Crippen molar-refractivity contribution >= 4 is 11.5 Å². The van der Waals surface area contributed by atoms with Crippen LogP contribution in [-0.4, -0.2) is 28.8 Å². The Morgan fingerprint density at radius 3 is 2.82 bits per heavy atom. The summed E-state index contributed by atoms with van der Waals surface area (Å²) in [7, 11) is 0. The van der Waals surface area contributed by atoms with Crippen LogP contribution in [0, 0.1) is 6.92 Å². The number of nitrogen functional groups attached to an aromatic ring is 1. The smallest absolute Gasteiger partial charge is 0.128 e. The summed E-state index contributed by atoms with van der Waals surface area (Å²) in [5.74, 6) is 0.967. The van der Waals surface area contributed by atoms with E-state index in [0.29, 0.717) is 0 Å². The van der Waals surface area contributed by atoms with Crippen molar-refractivity contribution in [2.24, 2.45) is 0 Å². The van der Waals surface area contributed by atoms with Crippen LogP contribution in [-0.2, 0) is 0 Å². The number of aromatic nitrogens is 1. The lowest BCUT2D eigenvalue weighted by atomic mass is 9.98. The minimum absolute atomic E-state index is 0.530. The molecule has 1 fully saturated rings. The molecule has 1 aliphatic rings. The normalized spacial score (nSPS) is 25.7. The van der Waals surface area contributed by atoms with E-state index in [-0.39, 0.29) is 0 Å². The summed E-state index contributed by atoms with van der Waals surface area (Å²) in [5.41, 5.74) is 6.85. The van der Waals surface area contributed by atoms with Crippen LogP contribution in [0.3, 0.4) is 0 Å². The molecule has 0 bridgehead atoms. The molecule has 1 unspecified atom stereocenters. The van der Waals surface area contributed by atoms with E-state index in [9.17, 15) is 5.11 Å². The van der Waals surface area contributed by atoms with Crippen LogP contribution < -0.4 is 10.6 Å². The summed E-state index contributed by atoms with van der Waals surface area (Å²) in [6.45, 7) is 5.64. The fraction of sp³-hybridized carbons (Fsp3) is 0.615. The second-order valence-corrected chi connectivity index (χ2v) is 5.18. The predicted molar refractivity (Wildman–Crippen MR) is 70.1 cm³/mol. The van der Waals surface area contributed by atoms with Crippen LogP contribution in [0.1, 0.15) is 31.9 Å². The predicted octanol–water partition coefficient (Wildman–Crippen LogP) is 1.71. The largest absolute Gasteiger partial charge is 0.397 e. The van der Waals surface area contributed by atoms with E-state index in [1.165, 1.54) is 0 Å². The Bertz CT molecular complexity index is 404. The molecule has 2 rings (SSSR count). The molecule has 1 aromatic heterocycles. The van der Waals surface area contributed by atoms with Crippen LogP contribution >= 0.6 is 0 Å². The van der Waals surface area contributed by atoms with Gasteiger partial charge in [-0.1, -0.05) is 0 Å². The van der Waals surface area contributed by atoms with Crippen molar-refractivity contribution in [3.05, 3.63) is 17.8 Å². The number of pyridine rings is 1. The monoisotopic (exact) mass is 235 g/mol. The van der Waals surface area contributed by atoms with Gasteiger partial charge in [-0.2, -0.15) is 0 Å². The van der Waals surface area contributed by atoms with Crippen LogP contribution in [0.15, 0.2) is 12.1 Å². The molecule has 1 saturated heterocycles. The molecule has 2 heterocycles. The molecular weight excluding hydrogens is 214 g/mol. The molecule has 4 heteroatoms. The van der Waals surface area contributed by atoms with Crippen molar-refractivity contribution in [1.82, 2.24) is 4.98 Å². The first-order valence-corrected chi connectivity index (χ1v) is 6.18. The van der Waals surface area contributed by atoms with Gasteiger partial charge in [-0.3, -0.25) is 0 Å². The molecular formula is C13H21N3O. The third-order valence-corrected chi connectivity index (χ3v) is 3.50. The molecule has 4 nitrogen and oxygen atoms in total. The summed E-state index contributed by atoms with van der Waals surface area (Å²) in [4.78, 5) is 6.74. The standard InChI is InChI=1S/C13H21N3O/c1-10-11(14)4-5-12(15-10)16-8-3-6-13(2,17)7-9-16/h4-5,17H,3,6-9,14H2,1-2H3. The number of aliphatic hydroxyl groups is 1. The third-order valence-electron chi connectivity index (χ3n) is 3.50. The second-order valence-electron chi connectivity index (χ2n) is 5.18. The summed E-state index contributed by atoms with van der Waals surface area (Å²) in [5, 5.41) is 10.1. The van der Waals surface area contributed by atoms with Gasteiger partial charge >= 0.3 is 0 Å². The molecule has 1 aliphatic heterocycles. The summed E-state index contributed by atoms with van der Waals surface area (Å²) >= 11 is 0. The molecule has 1 atom stereocenters. The van der Waals surface area contributed by atoms with E-state index >= 15 is 0 Å². The van der Waals surface area contributed by atoms with Crippen LogP contribution in [0.2, 0.25) is 0 Å². The van der Waals surface area contributed by atoms with E-state index in [4.69, 9.17) is 5.73 Å². The molecule has 3 N–H and O–H groups in total. The zero-order chi connectivity index (χ0) is 12.5. The van der Waals surface area contributed by atoms with Crippen molar-refractivity contribution < 1.29 is 5.11 Å². The van der Waals surface area contributed by atoms with Gasteiger partial charge in [0.25, 0.3) is 0 Å². The molecule has 17 heavy (non-hydrogen) atoms. The number of nitrogens with zero attached hydrogens (tertiary/aromatic N) is 2. The van der Waals surface area contributed by atoms with E-state index in [1.54, 1.807) is 0 Å². The maximum Gasteiger partial charge on any atom is 0.128 e. The van der Waals surface area contributed by atoms with Crippen LogP contribution in [0.5, 0.6) is 0 Å². The van der Waals surface area contributed by atoms with Crippen LogP contribution in [0.25, 0.3) is 0 Å². The molecule has 1 aromatic rings. The molecule has 0 aliphatic carbocycles. The Balaban J connectivity index is 2.14. The van der Waals surface area contributed by atoms with Crippen molar-refractivity contribution in [3.8, 4) is 0 Å².